The van der Waals surface area contributed by atoms with Crippen molar-refractivity contribution in [1.29, 1.82) is 0 Å². The molecule has 0 radical (unpaired) electrons. The number of benzene rings is 1. The molecule has 25 heavy (non-hydrogen) atoms. The van der Waals surface area contributed by atoms with Crippen LogP contribution in [0.3, 0.4) is 0 Å². The van der Waals surface area contributed by atoms with E-state index in [1.807, 2.05) is 35.7 Å². The number of fused-ring (bicyclic) bond motifs is 1. The second-order valence-electron chi connectivity index (χ2n) is 5.91. The van der Waals surface area contributed by atoms with E-state index in [4.69, 9.17) is 9.84 Å². The molecule has 0 bridgehead atoms. The number of ether oxygens (including phenoxy) is 1. The Morgan fingerprint density at radius 2 is 2.12 bits per heavy atom. The monoisotopic (exact) mass is 339 g/mol. The maximum absolute atomic E-state index is 12.2. The molecule has 1 atom stereocenters. The van der Waals surface area contributed by atoms with Crippen molar-refractivity contribution in [2.75, 3.05) is 0 Å². The van der Waals surface area contributed by atoms with Gasteiger partial charge in [-0.2, -0.15) is 0 Å². The van der Waals surface area contributed by atoms with Gasteiger partial charge in [0, 0.05) is 11.9 Å². The van der Waals surface area contributed by atoms with Gasteiger partial charge < -0.3 is 19.6 Å². The molecule has 3 aromatic rings. The highest BCUT2D eigenvalue weighted by Gasteiger charge is 2.15. The van der Waals surface area contributed by atoms with Crippen molar-refractivity contribution in [3.63, 3.8) is 0 Å². The SMILES string of the molecule is Cc1cccc2nc(CNC(=O)C(C)Oc3cccc(CO)c3)cn12. The molecular weight excluding hydrogens is 318 g/mol. The van der Waals surface area contributed by atoms with Crippen molar-refractivity contribution in [2.24, 2.45) is 0 Å². The van der Waals surface area contributed by atoms with E-state index in [0.29, 0.717) is 12.3 Å². The number of aliphatic hydroxyl groups excluding tert-OH is 1. The van der Waals surface area contributed by atoms with Crippen LogP contribution in [0.1, 0.15) is 23.9 Å². The van der Waals surface area contributed by atoms with Crippen LogP contribution >= 0.6 is 0 Å². The molecule has 3 rings (SSSR count). The first kappa shape index (κ1) is 17.0. The summed E-state index contributed by atoms with van der Waals surface area (Å²) in [4.78, 5) is 16.7. The fourth-order valence-corrected chi connectivity index (χ4v) is 2.58. The summed E-state index contributed by atoms with van der Waals surface area (Å²) in [6, 6.07) is 12.9. The number of pyridine rings is 1. The third-order valence-corrected chi connectivity index (χ3v) is 3.95. The smallest absolute Gasteiger partial charge is 0.261 e. The molecule has 6 heteroatoms. The highest BCUT2D eigenvalue weighted by molar-refractivity contribution is 5.80. The summed E-state index contributed by atoms with van der Waals surface area (Å²) in [6.07, 6.45) is 1.27. The Labute approximate surface area is 146 Å². The highest BCUT2D eigenvalue weighted by Crippen LogP contribution is 2.15. The third-order valence-electron chi connectivity index (χ3n) is 3.95. The van der Waals surface area contributed by atoms with Crippen LogP contribution in [0, 0.1) is 6.92 Å². The van der Waals surface area contributed by atoms with Crippen molar-refractivity contribution in [3.05, 3.63) is 65.6 Å². The number of nitrogens with one attached hydrogen (secondary N) is 1. The lowest BCUT2D eigenvalue weighted by Crippen LogP contribution is -2.36. The lowest BCUT2D eigenvalue weighted by molar-refractivity contribution is -0.127. The Kier molecular flexibility index (Phi) is 5.00. The summed E-state index contributed by atoms with van der Waals surface area (Å²) >= 11 is 0. The lowest BCUT2D eigenvalue weighted by Gasteiger charge is -2.14. The molecular formula is C19H21N3O3. The van der Waals surface area contributed by atoms with Gasteiger partial charge in [-0.3, -0.25) is 4.79 Å². The number of amides is 1. The number of aromatic nitrogens is 2. The van der Waals surface area contributed by atoms with Gasteiger partial charge in [0.1, 0.15) is 11.4 Å². The number of aliphatic hydroxyl groups is 1. The van der Waals surface area contributed by atoms with Gasteiger partial charge in [-0.15, -0.1) is 0 Å². The molecule has 1 unspecified atom stereocenters. The lowest BCUT2D eigenvalue weighted by atomic mass is 10.2. The predicted molar refractivity (Wildman–Crippen MR) is 94.2 cm³/mol. The number of hydrogen-bond acceptors (Lipinski definition) is 4. The van der Waals surface area contributed by atoms with E-state index in [1.165, 1.54) is 0 Å². The summed E-state index contributed by atoms with van der Waals surface area (Å²) in [5, 5.41) is 12.0. The van der Waals surface area contributed by atoms with Gasteiger partial charge in [0.15, 0.2) is 6.10 Å². The molecule has 1 aromatic carbocycles. The van der Waals surface area contributed by atoms with Crippen molar-refractivity contribution in [1.82, 2.24) is 14.7 Å². The Morgan fingerprint density at radius 1 is 1.32 bits per heavy atom. The van der Waals surface area contributed by atoms with E-state index in [-0.39, 0.29) is 12.5 Å². The summed E-state index contributed by atoms with van der Waals surface area (Å²) < 4.78 is 7.62. The van der Waals surface area contributed by atoms with E-state index in [1.54, 1.807) is 31.2 Å². The van der Waals surface area contributed by atoms with Gasteiger partial charge in [0.05, 0.1) is 18.8 Å². The summed E-state index contributed by atoms with van der Waals surface area (Å²) in [5.74, 6) is 0.334. The fraction of sp³-hybridized carbons (Fsp3) is 0.263. The number of imidazole rings is 1. The van der Waals surface area contributed by atoms with Crippen molar-refractivity contribution in [2.45, 2.75) is 33.1 Å². The van der Waals surface area contributed by atoms with Crippen LogP contribution in [0.5, 0.6) is 5.75 Å². The first-order chi connectivity index (χ1) is 12.1. The molecule has 0 fully saturated rings. The van der Waals surface area contributed by atoms with Crippen LogP contribution in [0.4, 0.5) is 0 Å². The van der Waals surface area contributed by atoms with Gasteiger partial charge in [0.2, 0.25) is 0 Å². The largest absolute Gasteiger partial charge is 0.481 e. The number of hydrogen-bond donors (Lipinski definition) is 2. The minimum absolute atomic E-state index is 0.0644. The standard InChI is InChI=1S/C19H21N3O3/c1-13-5-3-8-18-21-16(11-22(13)18)10-20-19(24)14(2)25-17-7-4-6-15(9-17)12-23/h3-9,11,14,23H,10,12H2,1-2H3,(H,20,24). The first-order valence-electron chi connectivity index (χ1n) is 8.14. The van der Waals surface area contributed by atoms with E-state index in [2.05, 4.69) is 10.3 Å². The minimum Gasteiger partial charge on any atom is -0.481 e. The Morgan fingerprint density at radius 3 is 2.88 bits per heavy atom. The Bertz CT molecular complexity index is 889. The zero-order chi connectivity index (χ0) is 17.8. The molecule has 0 saturated carbocycles. The van der Waals surface area contributed by atoms with Crippen LogP contribution in [0.2, 0.25) is 0 Å². The normalized spacial score (nSPS) is 12.1. The molecule has 2 N–H and O–H groups in total. The quantitative estimate of drug-likeness (QED) is 0.722. The van der Waals surface area contributed by atoms with Gasteiger partial charge >= 0.3 is 0 Å². The molecule has 6 nitrogen and oxygen atoms in total. The maximum atomic E-state index is 12.2. The predicted octanol–water partition coefficient (Wildman–Crippen LogP) is 2.22. The topological polar surface area (TPSA) is 75.9 Å². The maximum Gasteiger partial charge on any atom is 0.261 e. The van der Waals surface area contributed by atoms with Crippen LogP contribution in [0.15, 0.2) is 48.7 Å². The van der Waals surface area contributed by atoms with E-state index >= 15 is 0 Å². The molecule has 0 saturated heterocycles. The Hall–Kier alpha value is -2.86. The molecule has 2 heterocycles. The molecule has 0 spiro atoms. The average Bonchev–Trinajstić information content (AvgIpc) is 3.04. The minimum atomic E-state index is -0.646. The van der Waals surface area contributed by atoms with Crippen LogP contribution < -0.4 is 10.1 Å². The van der Waals surface area contributed by atoms with Gasteiger partial charge in [0.25, 0.3) is 5.91 Å². The number of nitrogens with zero attached hydrogens (tertiary/aromatic N) is 2. The van der Waals surface area contributed by atoms with E-state index in [0.717, 1.165) is 22.6 Å². The first-order valence-corrected chi connectivity index (χ1v) is 8.14. The van der Waals surface area contributed by atoms with Crippen molar-refractivity contribution in [3.8, 4) is 5.75 Å². The molecule has 0 aliphatic heterocycles. The zero-order valence-corrected chi connectivity index (χ0v) is 14.3. The molecule has 0 aliphatic rings. The summed E-state index contributed by atoms with van der Waals surface area (Å²) in [7, 11) is 0. The number of carbonyl (C=O) groups is 1. The second-order valence-corrected chi connectivity index (χ2v) is 5.91. The molecule has 130 valence electrons. The summed E-state index contributed by atoms with van der Waals surface area (Å²) in [5.41, 5.74) is 3.47. The second kappa shape index (κ2) is 7.36. The van der Waals surface area contributed by atoms with Crippen LogP contribution in [-0.2, 0) is 17.9 Å². The van der Waals surface area contributed by atoms with Gasteiger partial charge in [-0.25, -0.2) is 4.98 Å². The summed E-state index contributed by atoms with van der Waals surface area (Å²) in [6.45, 7) is 3.97. The van der Waals surface area contributed by atoms with E-state index < -0.39 is 6.10 Å². The van der Waals surface area contributed by atoms with Gasteiger partial charge in [-0.1, -0.05) is 18.2 Å². The molecule has 2 aromatic heterocycles. The van der Waals surface area contributed by atoms with E-state index in [9.17, 15) is 4.79 Å². The van der Waals surface area contributed by atoms with Crippen LogP contribution in [0.25, 0.3) is 5.65 Å². The third kappa shape index (κ3) is 3.97. The molecule has 1 amide bonds. The zero-order valence-electron chi connectivity index (χ0n) is 14.3. The van der Waals surface area contributed by atoms with Gasteiger partial charge in [-0.05, 0) is 43.7 Å². The number of rotatable bonds is 6. The fourth-order valence-electron chi connectivity index (χ4n) is 2.58. The average molecular weight is 339 g/mol. The molecule has 0 aliphatic carbocycles. The number of aryl methyl sites for hydroxylation is 1. The van der Waals surface area contributed by atoms with Crippen molar-refractivity contribution >= 4 is 11.6 Å². The van der Waals surface area contributed by atoms with Crippen molar-refractivity contribution < 1.29 is 14.6 Å². The number of carbonyl (C=O) groups excluding carboxylic acids is 1. The Balaban J connectivity index is 1.60. The van der Waals surface area contributed by atoms with Crippen LogP contribution in [-0.4, -0.2) is 26.5 Å². The highest BCUT2D eigenvalue weighted by atomic mass is 16.5.